The quantitative estimate of drug-likeness (QED) is 0.693. The predicted octanol–water partition coefficient (Wildman–Crippen LogP) is 2.20. The summed E-state index contributed by atoms with van der Waals surface area (Å²) in [6.45, 7) is -0.118. The average Bonchev–Trinajstić information content (AvgIpc) is 2.65. The largest absolute Gasteiger partial charge is 0.457 e. The number of amides is 1. The molecule has 1 aromatic carbocycles. The summed E-state index contributed by atoms with van der Waals surface area (Å²) in [7, 11) is 1.46. The molecule has 0 unspecified atom stereocenters. The van der Waals surface area contributed by atoms with Crippen molar-refractivity contribution in [3.63, 3.8) is 0 Å². The van der Waals surface area contributed by atoms with Crippen molar-refractivity contribution in [3.8, 4) is 6.01 Å². The monoisotopic (exact) mass is 367 g/mol. The van der Waals surface area contributed by atoms with Crippen molar-refractivity contribution in [2.24, 2.45) is 5.73 Å². The second-order valence-electron chi connectivity index (χ2n) is 4.99. The minimum atomic E-state index is -2.92. The van der Waals surface area contributed by atoms with Gasteiger partial charge in [0.15, 0.2) is 0 Å². The van der Waals surface area contributed by atoms with Crippen LogP contribution in [0.5, 0.6) is 6.01 Å². The molecule has 0 atom stereocenters. The lowest BCUT2D eigenvalue weighted by Crippen LogP contribution is -2.20. The summed E-state index contributed by atoms with van der Waals surface area (Å²) in [5, 5.41) is 5.09. The van der Waals surface area contributed by atoms with Crippen LogP contribution < -0.4 is 21.1 Å². The summed E-state index contributed by atoms with van der Waals surface area (Å²) in [4.78, 5) is 19.2. The van der Waals surface area contributed by atoms with Crippen LogP contribution in [0.3, 0.4) is 0 Å². The lowest BCUT2D eigenvalue weighted by molar-refractivity contribution is 0.0956. The molecule has 0 saturated carbocycles. The molecule has 0 aliphatic heterocycles. The van der Waals surface area contributed by atoms with Gasteiger partial charge in [-0.25, -0.2) is 18.2 Å². The molecule has 10 heteroatoms. The van der Waals surface area contributed by atoms with Crippen LogP contribution in [-0.2, 0) is 0 Å². The third-order valence-electron chi connectivity index (χ3n) is 3.12. The third kappa shape index (κ3) is 5.10. The highest BCUT2D eigenvalue weighted by molar-refractivity contribution is 5.91. The SMILES string of the molecule is CNC(=O)c1ccnc(OC/C(N)=C/Nc2ccc(F)c(C(F)F)c2)n1. The molecule has 7 nitrogen and oxygen atoms in total. The Bertz CT molecular complexity index is 814. The Hall–Kier alpha value is -3.30. The number of hydrogen-bond acceptors (Lipinski definition) is 6. The number of benzene rings is 1. The van der Waals surface area contributed by atoms with Crippen molar-refractivity contribution >= 4 is 11.6 Å². The molecule has 1 aromatic heterocycles. The minimum absolute atomic E-state index is 0.0516. The molecule has 0 bridgehead atoms. The van der Waals surface area contributed by atoms with E-state index in [9.17, 15) is 18.0 Å². The van der Waals surface area contributed by atoms with E-state index in [4.69, 9.17) is 10.5 Å². The molecule has 0 spiro atoms. The molecular formula is C16H16F3N5O2. The lowest BCUT2D eigenvalue weighted by atomic mass is 10.2. The van der Waals surface area contributed by atoms with E-state index in [1.807, 2.05) is 0 Å². The Morgan fingerprint density at radius 1 is 1.38 bits per heavy atom. The molecule has 0 radical (unpaired) electrons. The molecule has 4 N–H and O–H groups in total. The van der Waals surface area contributed by atoms with Gasteiger partial charge in [0.2, 0.25) is 0 Å². The number of nitrogens with one attached hydrogen (secondary N) is 2. The van der Waals surface area contributed by atoms with Crippen LogP contribution in [0.25, 0.3) is 0 Å². The molecule has 0 saturated heterocycles. The number of ether oxygens (including phenoxy) is 1. The molecule has 138 valence electrons. The number of nitrogens with two attached hydrogens (primary N) is 1. The van der Waals surface area contributed by atoms with Gasteiger partial charge in [-0.2, -0.15) is 4.98 Å². The highest BCUT2D eigenvalue weighted by atomic mass is 19.3. The molecule has 1 amide bonds. The van der Waals surface area contributed by atoms with Crippen molar-refractivity contribution in [1.82, 2.24) is 15.3 Å². The number of halogens is 3. The number of carbonyl (C=O) groups excluding carboxylic acids is 1. The first-order chi connectivity index (χ1) is 12.4. The Kier molecular flexibility index (Phi) is 6.36. The van der Waals surface area contributed by atoms with Crippen LogP contribution in [0.15, 0.2) is 42.4 Å². The van der Waals surface area contributed by atoms with Crippen molar-refractivity contribution in [1.29, 1.82) is 0 Å². The standard InChI is InChI=1S/C16H16F3N5O2/c1-21-15(25)13-4-5-22-16(24-13)26-8-9(20)7-23-10-2-3-12(17)11(6-10)14(18)19/h2-7,14,23H,8,20H2,1H3,(H,21,25)/b9-7-. The molecule has 0 aliphatic rings. The zero-order valence-electron chi connectivity index (χ0n) is 13.7. The van der Waals surface area contributed by atoms with E-state index in [2.05, 4.69) is 20.6 Å². The first-order valence-corrected chi connectivity index (χ1v) is 7.37. The van der Waals surface area contributed by atoms with Gasteiger partial charge in [0.05, 0.1) is 11.3 Å². The average molecular weight is 367 g/mol. The maximum Gasteiger partial charge on any atom is 0.317 e. The maximum atomic E-state index is 13.2. The van der Waals surface area contributed by atoms with Gasteiger partial charge in [-0.15, -0.1) is 0 Å². The lowest BCUT2D eigenvalue weighted by Gasteiger charge is -2.08. The molecule has 26 heavy (non-hydrogen) atoms. The van der Waals surface area contributed by atoms with Gasteiger partial charge < -0.3 is 21.1 Å². The predicted molar refractivity (Wildman–Crippen MR) is 88.2 cm³/mol. The number of anilines is 1. The fraction of sp³-hybridized carbons (Fsp3) is 0.188. The van der Waals surface area contributed by atoms with E-state index >= 15 is 0 Å². The fourth-order valence-electron chi connectivity index (χ4n) is 1.83. The number of hydrogen-bond donors (Lipinski definition) is 3. The van der Waals surface area contributed by atoms with E-state index in [1.165, 1.54) is 31.6 Å². The topological polar surface area (TPSA) is 102 Å². The number of aromatic nitrogens is 2. The van der Waals surface area contributed by atoms with Crippen molar-refractivity contribution in [3.05, 3.63) is 59.4 Å². The molecule has 2 aromatic rings. The van der Waals surface area contributed by atoms with Crippen molar-refractivity contribution in [2.75, 3.05) is 19.0 Å². The van der Waals surface area contributed by atoms with E-state index in [0.29, 0.717) is 0 Å². The van der Waals surface area contributed by atoms with E-state index in [1.54, 1.807) is 0 Å². The van der Waals surface area contributed by atoms with E-state index < -0.39 is 23.7 Å². The highest BCUT2D eigenvalue weighted by Gasteiger charge is 2.13. The smallest absolute Gasteiger partial charge is 0.317 e. The molecule has 0 fully saturated rings. The van der Waals surface area contributed by atoms with Gasteiger partial charge in [0.1, 0.15) is 18.1 Å². The summed E-state index contributed by atoms with van der Waals surface area (Å²) in [6.07, 6.45) is -0.258. The Morgan fingerprint density at radius 2 is 2.15 bits per heavy atom. The summed E-state index contributed by atoms with van der Waals surface area (Å²) < 4.78 is 43.8. The zero-order chi connectivity index (χ0) is 19.1. The van der Waals surface area contributed by atoms with E-state index in [0.717, 1.165) is 12.1 Å². The summed E-state index contributed by atoms with van der Waals surface area (Å²) >= 11 is 0. The minimum Gasteiger partial charge on any atom is -0.457 e. The number of nitrogens with zero attached hydrogens (tertiary/aromatic N) is 2. The Morgan fingerprint density at radius 3 is 2.85 bits per heavy atom. The van der Waals surface area contributed by atoms with Gasteiger partial charge in [0.25, 0.3) is 12.3 Å². The first-order valence-electron chi connectivity index (χ1n) is 7.37. The van der Waals surface area contributed by atoms with Crippen LogP contribution >= 0.6 is 0 Å². The summed E-state index contributed by atoms with van der Waals surface area (Å²) in [5.74, 6) is -1.38. The zero-order valence-corrected chi connectivity index (χ0v) is 13.7. The highest BCUT2D eigenvalue weighted by Crippen LogP contribution is 2.25. The molecule has 0 aliphatic carbocycles. The summed E-state index contributed by atoms with van der Waals surface area (Å²) in [6, 6.07) is 4.58. The Balaban J connectivity index is 1.97. The maximum absolute atomic E-state index is 13.2. The molecule has 1 heterocycles. The van der Waals surface area contributed by atoms with Gasteiger partial charge in [-0.3, -0.25) is 4.79 Å². The van der Waals surface area contributed by atoms with Crippen molar-refractivity contribution in [2.45, 2.75) is 6.43 Å². The fourth-order valence-corrected chi connectivity index (χ4v) is 1.83. The van der Waals surface area contributed by atoms with Crippen LogP contribution in [0, 0.1) is 5.82 Å². The van der Waals surface area contributed by atoms with Gasteiger partial charge in [-0.1, -0.05) is 0 Å². The Labute approximate surface area is 147 Å². The number of rotatable bonds is 7. The van der Waals surface area contributed by atoms with Crippen molar-refractivity contribution < 1.29 is 22.7 Å². The summed E-state index contributed by atoms with van der Waals surface area (Å²) in [5.41, 5.74) is 5.59. The van der Waals surface area contributed by atoms with Crippen LogP contribution in [0.2, 0.25) is 0 Å². The third-order valence-corrected chi connectivity index (χ3v) is 3.12. The van der Waals surface area contributed by atoms with Crippen LogP contribution in [-0.4, -0.2) is 29.5 Å². The van der Waals surface area contributed by atoms with Crippen LogP contribution in [0.1, 0.15) is 22.5 Å². The van der Waals surface area contributed by atoms with Gasteiger partial charge in [0, 0.05) is 25.1 Å². The molecule has 2 rings (SSSR count). The number of alkyl halides is 2. The second kappa shape index (κ2) is 8.70. The van der Waals surface area contributed by atoms with Gasteiger partial charge in [-0.05, 0) is 24.3 Å². The van der Waals surface area contributed by atoms with Gasteiger partial charge >= 0.3 is 6.01 Å². The van der Waals surface area contributed by atoms with Crippen LogP contribution in [0.4, 0.5) is 18.9 Å². The molecular weight excluding hydrogens is 351 g/mol. The van der Waals surface area contributed by atoms with E-state index in [-0.39, 0.29) is 29.7 Å². The number of carbonyl (C=O) groups is 1. The normalized spacial score (nSPS) is 11.3. The second-order valence-corrected chi connectivity index (χ2v) is 4.99. The first kappa shape index (κ1) is 19.0.